The lowest BCUT2D eigenvalue weighted by atomic mass is 10.3. The number of hydrogen-bond acceptors (Lipinski definition) is 4. The van der Waals surface area contributed by atoms with E-state index in [0.29, 0.717) is 9.92 Å². The molecule has 1 rings (SSSR count). The molecule has 1 aromatic rings. The van der Waals surface area contributed by atoms with Crippen LogP contribution in [0.1, 0.15) is 6.92 Å². The van der Waals surface area contributed by atoms with Crippen LogP contribution in [0, 0.1) is 10.1 Å². The number of hydrogen-bond donors (Lipinski definition) is 0. The summed E-state index contributed by atoms with van der Waals surface area (Å²) >= 11 is 5.67. The van der Waals surface area contributed by atoms with E-state index in [1.165, 1.54) is 16.9 Å². The topological polar surface area (TPSA) is 43.1 Å². The van der Waals surface area contributed by atoms with Crippen LogP contribution in [-0.4, -0.2) is 10.7 Å². The summed E-state index contributed by atoms with van der Waals surface area (Å²) in [6.45, 7) is 2.00. The Morgan fingerprint density at radius 3 is 2.86 bits per heavy atom. The molecule has 76 valence electrons. The molecule has 6 heteroatoms. The maximum atomic E-state index is 10.7. The van der Waals surface area contributed by atoms with E-state index in [2.05, 4.69) is 0 Å². The molecule has 0 radical (unpaired) electrons. The normalized spacial score (nSPS) is 10.1. The smallest absolute Gasteiger partial charge is 0.258 e. The minimum Gasteiger partial charge on any atom is -0.258 e. The second kappa shape index (κ2) is 5.48. The Morgan fingerprint density at radius 2 is 2.29 bits per heavy atom. The maximum Gasteiger partial charge on any atom is 0.285 e. The number of benzene rings is 1. The zero-order valence-corrected chi connectivity index (χ0v) is 9.79. The van der Waals surface area contributed by atoms with Crippen molar-refractivity contribution >= 4 is 38.9 Å². The zero-order chi connectivity index (χ0) is 10.6. The van der Waals surface area contributed by atoms with E-state index in [1.54, 1.807) is 22.9 Å². The van der Waals surface area contributed by atoms with Gasteiger partial charge in [0.2, 0.25) is 0 Å². The SMILES string of the molecule is CCSSc1ccc(Cl)cc1[N+](=O)[O-]. The number of nitro groups is 1. The van der Waals surface area contributed by atoms with E-state index < -0.39 is 4.92 Å². The van der Waals surface area contributed by atoms with Crippen LogP contribution in [0.15, 0.2) is 23.1 Å². The molecule has 3 nitrogen and oxygen atoms in total. The standard InChI is InChI=1S/C8H8ClNO2S2/c1-2-13-14-8-4-3-6(9)5-7(8)10(11)12/h3-5H,2H2,1H3. The van der Waals surface area contributed by atoms with Gasteiger partial charge in [0, 0.05) is 16.8 Å². The van der Waals surface area contributed by atoms with Crippen LogP contribution in [0.25, 0.3) is 0 Å². The Balaban J connectivity index is 2.96. The summed E-state index contributed by atoms with van der Waals surface area (Å²) in [7, 11) is 2.97. The lowest BCUT2D eigenvalue weighted by Gasteiger charge is -2.00. The van der Waals surface area contributed by atoms with Crippen LogP contribution in [0.4, 0.5) is 5.69 Å². The van der Waals surface area contributed by atoms with Crippen molar-refractivity contribution in [3.63, 3.8) is 0 Å². The predicted molar refractivity (Wildman–Crippen MR) is 62.1 cm³/mol. The van der Waals surface area contributed by atoms with Crippen molar-refractivity contribution < 1.29 is 4.92 Å². The first kappa shape index (κ1) is 11.7. The molecule has 0 amide bonds. The van der Waals surface area contributed by atoms with E-state index in [-0.39, 0.29) is 5.69 Å². The average Bonchev–Trinajstić information content (AvgIpc) is 2.15. The third kappa shape index (κ3) is 3.08. The van der Waals surface area contributed by atoms with Gasteiger partial charge >= 0.3 is 0 Å². The van der Waals surface area contributed by atoms with E-state index in [9.17, 15) is 10.1 Å². The predicted octanol–water partition coefficient (Wildman–Crippen LogP) is 4.01. The highest BCUT2D eigenvalue weighted by Crippen LogP contribution is 2.38. The van der Waals surface area contributed by atoms with Crippen LogP contribution < -0.4 is 0 Å². The van der Waals surface area contributed by atoms with Crippen molar-refractivity contribution in [2.24, 2.45) is 0 Å². The Bertz CT molecular complexity index is 346. The lowest BCUT2D eigenvalue weighted by Crippen LogP contribution is -1.89. The maximum absolute atomic E-state index is 10.7. The monoisotopic (exact) mass is 249 g/mol. The highest BCUT2D eigenvalue weighted by molar-refractivity contribution is 8.76. The largest absolute Gasteiger partial charge is 0.285 e. The molecule has 0 heterocycles. The summed E-state index contributed by atoms with van der Waals surface area (Å²) < 4.78 is 0. The molecule has 0 unspecified atom stereocenters. The minimum absolute atomic E-state index is 0.0726. The molecule has 0 aliphatic carbocycles. The van der Waals surface area contributed by atoms with Gasteiger partial charge in [0.25, 0.3) is 5.69 Å². The molecule has 0 aromatic heterocycles. The fourth-order valence-corrected chi connectivity index (χ4v) is 2.74. The third-order valence-corrected chi connectivity index (χ3v) is 4.10. The molecular formula is C8H8ClNO2S2. The average molecular weight is 250 g/mol. The Kier molecular flexibility index (Phi) is 4.57. The minimum atomic E-state index is -0.412. The van der Waals surface area contributed by atoms with Crippen molar-refractivity contribution in [1.29, 1.82) is 0 Å². The van der Waals surface area contributed by atoms with E-state index in [0.717, 1.165) is 5.75 Å². The second-order valence-corrected chi connectivity index (χ2v) is 5.42. The molecule has 0 spiro atoms. The Labute approximate surface area is 94.8 Å². The van der Waals surface area contributed by atoms with Crippen molar-refractivity contribution in [3.8, 4) is 0 Å². The van der Waals surface area contributed by atoms with Crippen molar-refractivity contribution in [1.82, 2.24) is 0 Å². The van der Waals surface area contributed by atoms with Crippen LogP contribution in [0.3, 0.4) is 0 Å². The first-order valence-corrected chi connectivity index (χ1v) is 6.58. The molecule has 0 saturated heterocycles. The molecule has 0 aliphatic rings. The number of rotatable bonds is 4. The molecule has 1 aromatic carbocycles. The van der Waals surface area contributed by atoms with Gasteiger partial charge in [0.1, 0.15) is 0 Å². The number of halogens is 1. The highest BCUT2D eigenvalue weighted by atomic mass is 35.5. The first-order valence-electron chi connectivity index (χ1n) is 3.88. The summed E-state index contributed by atoms with van der Waals surface area (Å²) in [4.78, 5) is 10.9. The van der Waals surface area contributed by atoms with Gasteiger partial charge in [0.05, 0.1) is 9.82 Å². The molecule has 0 N–H and O–H groups in total. The molecule has 0 bridgehead atoms. The quantitative estimate of drug-likeness (QED) is 0.459. The summed E-state index contributed by atoms with van der Waals surface area (Å²) in [5.41, 5.74) is 0.0726. The van der Waals surface area contributed by atoms with Crippen molar-refractivity contribution in [2.45, 2.75) is 11.8 Å². The Morgan fingerprint density at radius 1 is 1.57 bits per heavy atom. The summed E-state index contributed by atoms with van der Waals surface area (Å²) in [5, 5.41) is 11.1. The number of nitro benzene ring substituents is 1. The van der Waals surface area contributed by atoms with Gasteiger partial charge < -0.3 is 0 Å². The van der Waals surface area contributed by atoms with E-state index in [4.69, 9.17) is 11.6 Å². The van der Waals surface area contributed by atoms with Gasteiger partial charge in [-0.3, -0.25) is 10.1 Å². The fraction of sp³-hybridized carbons (Fsp3) is 0.250. The van der Waals surface area contributed by atoms with Crippen LogP contribution in [-0.2, 0) is 0 Å². The third-order valence-electron chi connectivity index (χ3n) is 1.38. The molecule has 0 aliphatic heterocycles. The lowest BCUT2D eigenvalue weighted by molar-refractivity contribution is -0.387. The van der Waals surface area contributed by atoms with E-state index in [1.807, 2.05) is 6.92 Å². The zero-order valence-electron chi connectivity index (χ0n) is 7.40. The van der Waals surface area contributed by atoms with Crippen LogP contribution in [0.5, 0.6) is 0 Å². The van der Waals surface area contributed by atoms with Gasteiger partial charge in [-0.15, -0.1) is 0 Å². The Hall–Kier alpha value is -0.390. The molecule has 0 fully saturated rings. The molecule has 0 saturated carbocycles. The molecule has 0 atom stereocenters. The van der Waals surface area contributed by atoms with E-state index >= 15 is 0 Å². The summed E-state index contributed by atoms with van der Waals surface area (Å²) in [6, 6.07) is 4.71. The molecule has 14 heavy (non-hydrogen) atoms. The van der Waals surface area contributed by atoms with Crippen molar-refractivity contribution in [3.05, 3.63) is 33.3 Å². The van der Waals surface area contributed by atoms with Crippen LogP contribution >= 0.6 is 33.2 Å². The van der Waals surface area contributed by atoms with Crippen molar-refractivity contribution in [2.75, 3.05) is 5.75 Å². The van der Waals surface area contributed by atoms with Gasteiger partial charge in [-0.05, 0) is 12.1 Å². The number of nitrogens with zero attached hydrogens (tertiary/aromatic N) is 1. The summed E-state index contributed by atoms with van der Waals surface area (Å²) in [5.74, 6) is 0.907. The van der Waals surface area contributed by atoms with Gasteiger partial charge in [-0.25, -0.2) is 0 Å². The fourth-order valence-electron chi connectivity index (χ4n) is 0.826. The second-order valence-electron chi connectivity index (χ2n) is 2.36. The summed E-state index contributed by atoms with van der Waals surface area (Å²) in [6.07, 6.45) is 0. The first-order chi connectivity index (χ1) is 6.65. The van der Waals surface area contributed by atoms with Gasteiger partial charge in [-0.2, -0.15) is 0 Å². The molecular weight excluding hydrogens is 242 g/mol. The van der Waals surface area contributed by atoms with Gasteiger partial charge in [-0.1, -0.05) is 40.1 Å². The van der Waals surface area contributed by atoms with Crippen LogP contribution in [0.2, 0.25) is 5.02 Å². The highest BCUT2D eigenvalue weighted by Gasteiger charge is 2.14. The van der Waals surface area contributed by atoms with Gasteiger partial charge in [0.15, 0.2) is 0 Å².